The van der Waals surface area contributed by atoms with Crippen LogP contribution in [0, 0.1) is 13.0 Å². The van der Waals surface area contributed by atoms with E-state index in [1.165, 1.54) is 27.6 Å². The fraction of sp³-hybridized carbons (Fsp3) is 0.290. The summed E-state index contributed by atoms with van der Waals surface area (Å²) in [5, 5.41) is 10.7. The zero-order valence-corrected chi connectivity index (χ0v) is 24.0. The summed E-state index contributed by atoms with van der Waals surface area (Å²) in [7, 11) is 0. The van der Waals surface area contributed by atoms with Crippen molar-refractivity contribution in [2.45, 2.75) is 59.0 Å². The number of nitrogens with zero attached hydrogens (tertiary/aromatic N) is 2. The van der Waals surface area contributed by atoms with E-state index in [2.05, 4.69) is 86.8 Å². The van der Waals surface area contributed by atoms with E-state index in [4.69, 9.17) is 9.52 Å². The minimum absolute atomic E-state index is 0. The fourth-order valence-electron chi connectivity index (χ4n) is 4.36. The molecule has 5 rings (SSSR count). The third kappa shape index (κ3) is 5.49. The number of aromatic nitrogens is 2. The van der Waals surface area contributed by atoms with E-state index in [0.29, 0.717) is 12.3 Å². The molecular formula is C31H34IrN2O2-2. The smallest absolute Gasteiger partial charge is 0.140 e. The number of aliphatic hydroxyl groups is 1. The summed E-state index contributed by atoms with van der Waals surface area (Å²) in [6.07, 6.45) is 4.31. The van der Waals surface area contributed by atoms with Gasteiger partial charge in [0.25, 0.3) is 0 Å². The first-order valence-electron chi connectivity index (χ1n) is 12.3. The van der Waals surface area contributed by atoms with Crippen molar-refractivity contribution >= 4 is 21.9 Å². The molecule has 191 valence electrons. The number of furan rings is 1. The number of hydrogen-bond acceptors (Lipinski definition) is 3. The van der Waals surface area contributed by atoms with Gasteiger partial charge in [-0.15, -0.1) is 35.9 Å². The van der Waals surface area contributed by atoms with Crippen LogP contribution >= 0.6 is 0 Å². The van der Waals surface area contributed by atoms with Crippen molar-refractivity contribution in [1.82, 2.24) is 9.55 Å². The third-order valence-corrected chi connectivity index (χ3v) is 6.16. The number of rotatable bonds is 5. The van der Waals surface area contributed by atoms with Crippen LogP contribution < -0.4 is 0 Å². The van der Waals surface area contributed by atoms with Crippen molar-refractivity contribution < 1.29 is 29.6 Å². The summed E-state index contributed by atoms with van der Waals surface area (Å²) in [6, 6.07) is 22.0. The van der Waals surface area contributed by atoms with Crippen LogP contribution in [0.15, 0.2) is 71.4 Å². The van der Waals surface area contributed by atoms with Crippen LogP contribution in [0.1, 0.15) is 64.0 Å². The molecule has 36 heavy (non-hydrogen) atoms. The minimum atomic E-state index is -0.227. The Morgan fingerprint density at radius 2 is 1.69 bits per heavy atom. The average molecular weight is 659 g/mol. The molecule has 1 atom stereocenters. The molecule has 0 bridgehead atoms. The van der Waals surface area contributed by atoms with Gasteiger partial charge in [0.15, 0.2) is 0 Å². The van der Waals surface area contributed by atoms with Gasteiger partial charge in [-0.2, -0.15) is 6.42 Å². The molecule has 0 aliphatic heterocycles. The first kappa shape index (κ1) is 27.9. The predicted octanol–water partition coefficient (Wildman–Crippen LogP) is 8.07. The molecule has 0 aliphatic rings. The molecule has 4 nitrogen and oxygen atoms in total. The van der Waals surface area contributed by atoms with E-state index < -0.39 is 0 Å². The Morgan fingerprint density at radius 1 is 1.00 bits per heavy atom. The molecule has 1 radical (unpaired) electrons. The molecule has 0 saturated heterocycles. The van der Waals surface area contributed by atoms with Gasteiger partial charge in [0.05, 0.1) is 5.82 Å². The molecule has 1 N–H and O–H groups in total. The quantitative estimate of drug-likeness (QED) is 0.194. The van der Waals surface area contributed by atoms with Crippen LogP contribution in [0.4, 0.5) is 0 Å². The molecule has 0 amide bonds. The molecule has 2 aromatic heterocycles. The first-order chi connectivity index (χ1) is 16.8. The van der Waals surface area contributed by atoms with Gasteiger partial charge in [-0.3, -0.25) is 4.98 Å². The maximum Gasteiger partial charge on any atom is 0.140 e. The molecule has 0 fully saturated rings. The Morgan fingerprint density at radius 3 is 2.31 bits per heavy atom. The van der Waals surface area contributed by atoms with Crippen molar-refractivity contribution in [3.8, 4) is 17.1 Å². The van der Waals surface area contributed by atoms with Gasteiger partial charge in [0.2, 0.25) is 0 Å². The van der Waals surface area contributed by atoms with E-state index in [1.807, 2.05) is 30.5 Å². The van der Waals surface area contributed by atoms with E-state index in [-0.39, 0.29) is 32.1 Å². The van der Waals surface area contributed by atoms with E-state index in [0.717, 1.165) is 22.6 Å². The number of fused-ring (bicyclic) bond motifs is 3. The normalized spacial score (nSPS) is 12.0. The van der Waals surface area contributed by atoms with E-state index >= 15 is 0 Å². The van der Waals surface area contributed by atoms with Gasteiger partial charge in [-0.25, -0.2) is 0 Å². The summed E-state index contributed by atoms with van der Waals surface area (Å²) in [6.45, 7) is 14.1. The van der Waals surface area contributed by atoms with Gasteiger partial charge < -0.3 is 21.0 Å². The van der Waals surface area contributed by atoms with Crippen LogP contribution in [-0.2, 0) is 20.1 Å². The van der Waals surface area contributed by atoms with E-state index in [9.17, 15) is 0 Å². The van der Waals surface area contributed by atoms with Gasteiger partial charge in [0.1, 0.15) is 11.2 Å². The zero-order chi connectivity index (χ0) is 25.1. The van der Waals surface area contributed by atoms with Gasteiger partial charge in [0, 0.05) is 60.6 Å². The molecule has 0 aliphatic carbocycles. The Kier molecular flexibility index (Phi) is 9.29. The molecule has 2 heterocycles. The maximum absolute atomic E-state index is 8.30. The molecule has 1 unspecified atom stereocenters. The number of para-hydroxylation sites is 1. The molecule has 0 spiro atoms. The summed E-state index contributed by atoms with van der Waals surface area (Å²) in [5.74, 6) is 1.54. The second kappa shape index (κ2) is 12.0. The standard InChI is InChI=1S/C27H25N2O.C4H9O.Ir/c1-17(2)21-16-22-20-12-8-9-13-23(20)30-26(22)24(18(3)4)25(21)29-15-14-28-27(29)19-10-6-5-7-11-19;1-3-4(2)5;/h5-10,12-18H,1-4H3;4-5H,1,3H2,2H3;/q2*-1;. The van der Waals surface area contributed by atoms with Crippen molar-refractivity contribution in [2.24, 2.45) is 0 Å². The summed E-state index contributed by atoms with van der Waals surface area (Å²) >= 11 is 0. The van der Waals surface area contributed by atoms with E-state index in [1.54, 1.807) is 6.92 Å². The van der Waals surface area contributed by atoms with Crippen molar-refractivity contribution in [2.75, 3.05) is 0 Å². The SMILES string of the molecule is CC(C)c1cc2c(oc3ccccc32)c(C(C)C)c1-n1ccnc1-c1[c-]cccc1.[CH2-]CC(C)O.[Ir]. The average Bonchev–Trinajstić information content (AvgIpc) is 3.48. The van der Waals surface area contributed by atoms with Gasteiger partial charge >= 0.3 is 0 Å². The van der Waals surface area contributed by atoms with Crippen LogP contribution in [-0.4, -0.2) is 20.8 Å². The third-order valence-electron chi connectivity index (χ3n) is 6.16. The van der Waals surface area contributed by atoms with Crippen LogP contribution in [0.25, 0.3) is 39.0 Å². The minimum Gasteiger partial charge on any atom is -0.456 e. The Balaban J connectivity index is 0.000000551. The molecular weight excluding hydrogens is 625 g/mol. The Bertz CT molecular complexity index is 1420. The summed E-state index contributed by atoms with van der Waals surface area (Å²) < 4.78 is 8.63. The number of aliphatic hydroxyl groups excluding tert-OH is 1. The first-order valence-corrected chi connectivity index (χ1v) is 12.3. The Labute approximate surface area is 227 Å². The van der Waals surface area contributed by atoms with Crippen molar-refractivity contribution in [3.05, 3.63) is 91.1 Å². The monoisotopic (exact) mass is 659 g/mol. The summed E-state index contributed by atoms with van der Waals surface area (Å²) in [4.78, 5) is 4.69. The van der Waals surface area contributed by atoms with Crippen molar-refractivity contribution in [1.29, 1.82) is 0 Å². The maximum atomic E-state index is 8.30. The molecule has 5 heteroatoms. The Hall–Kier alpha value is -2.72. The van der Waals surface area contributed by atoms with Crippen LogP contribution in [0.2, 0.25) is 0 Å². The number of hydrogen-bond donors (Lipinski definition) is 1. The zero-order valence-electron chi connectivity index (χ0n) is 21.6. The van der Waals surface area contributed by atoms with Crippen molar-refractivity contribution in [3.63, 3.8) is 0 Å². The predicted molar refractivity (Wildman–Crippen MR) is 145 cm³/mol. The second-order valence-electron chi connectivity index (χ2n) is 9.55. The molecule has 5 aromatic rings. The van der Waals surface area contributed by atoms with Gasteiger partial charge in [-0.1, -0.05) is 45.9 Å². The summed E-state index contributed by atoms with van der Waals surface area (Å²) in [5.41, 5.74) is 6.59. The van der Waals surface area contributed by atoms with Crippen LogP contribution in [0.3, 0.4) is 0 Å². The molecule has 3 aromatic carbocycles. The molecule has 0 saturated carbocycles. The second-order valence-corrected chi connectivity index (χ2v) is 9.55. The fourth-order valence-corrected chi connectivity index (χ4v) is 4.36. The number of benzene rings is 3. The van der Waals surface area contributed by atoms with Crippen LogP contribution in [0.5, 0.6) is 0 Å². The number of imidazole rings is 1. The largest absolute Gasteiger partial charge is 0.456 e. The topological polar surface area (TPSA) is 51.2 Å². The van der Waals surface area contributed by atoms with Gasteiger partial charge in [-0.05, 0) is 36.5 Å².